The minimum atomic E-state index is 0.127. The van der Waals surface area contributed by atoms with Crippen molar-refractivity contribution in [2.45, 2.75) is 69.4 Å². The van der Waals surface area contributed by atoms with Crippen molar-refractivity contribution in [3.63, 3.8) is 0 Å². The number of piperidine rings is 1. The lowest BCUT2D eigenvalue weighted by Crippen LogP contribution is -2.63. The summed E-state index contributed by atoms with van der Waals surface area (Å²) in [6.45, 7) is 1.49. The minimum absolute atomic E-state index is 0.127. The summed E-state index contributed by atoms with van der Waals surface area (Å²) >= 11 is 0. The Hall–Kier alpha value is -0.770. The standard InChI is InChI=1S/C17H29N3O/c18-11-15-3-1-2-4-20(15)16(21)19-17-8-12-5-13(9-17)7-14(6-12)10-17/h12-15H,1-11,18H2,(H,19,21). The Morgan fingerprint density at radius 3 is 2.29 bits per heavy atom. The van der Waals surface area contributed by atoms with Gasteiger partial charge in [0.2, 0.25) is 0 Å². The highest BCUT2D eigenvalue weighted by atomic mass is 16.2. The monoisotopic (exact) mass is 291 g/mol. The number of hydrogen-bond acceptors (Lipinski definition) is 2. The predicted molar refractivity (Wildman–Crippen MR) is 82.8 cm³/mol. The minimum Gasteiger partial charge on any atom is -0.333 e. The van der Waals surface area contributed by atoms with Crippen molar-refractivity contribution in [2.24, 2.45) is 23.5 Å². The highest BCUT2D eigenvalue weighted by molar-refractivity contribution is 5.75. The molecule has 4 heteroatoms. The summed E-state index contributed by atoms with van der Waals surface area (Å²) in [4.78, 5) is 14.8. The van der Waals surface area contributed by atoms with E-state index in [-0.39, 0.29) is 17.6 Å². The van der Waals surface area contributed by atoms with Crippen molar-refractivity contribution in [1.29, 1.82) is 0 Å². The Labute approximate surface area is 127 Å². The van der Waals surface area contributed by atoms with Crippen LogP contribution in [-0.4, -0.2) is 35.6 Å². The van der Waals surface area contributed by atoms with Gasteiger partial charge in [0.05, 0.1) is 0 Å². The molecule has 5 fully saturated rings. The summed E-state index contributed by atoms with van der Waals surface area (Å²) in [5, 5.41) is 3.49. The first-order chi connectivity index (χ1) is 10.2. The molecule has 1 unspecified atom stereocenters. The second kappa shape index (κ2) is 5.15. The van der Waals surface area contributed by atoms with Gasteiger partial charge in [0, 0.05) is 24.7 Å². The van der Waals surface area contributed by atoms with Gasteiger partial charge in [-0.05, 0) is 75.5 Å². The summed E-state index contributed by atoms with van der Waals surface area (Å²) in [5.74, 6) is 2.63. The summed E-state index contributed by atoms with van der Waals surface area (Å²) in [6.07, 6.45) is 11.4. The second-order valence-corrected chi connectivity index (χ2v) is 8.21. The predicted octanol–water partition coefficient (Wildman–Crippen LogP) is 2.48. The molecule has 0 aromatic heterocycles. The fourth-order valence-corrected chi connectivity index (χ4v) is 6.08. The van der Waals surface area contributed by atoms with Gasteiger partial charge in [-0.3, -0.25) is 0 Å². The van der Waals surface area contributed by atoms with Gasteiger partial charge in [-0.2, -0.15) is 0 Å². The van der Waals surface area contributed by atoms with E-state index in [0.717, 1.165) is 37.1 Å². The van der Waals surface area contributed by atoms with Crippen molar-refractivity contribution < 1.29 is 4.79 Å². The number of likely N-dealkylation sites (tertiary alicyclic amines) is 1. The fourth-order valence-electron chi connectivity index (χ4n) is 6.08. The maximum absolute atomic E-state index is 12.8. The largest absolute Gasteiger partial charge is 0.333 e. The van der Waals surface area contributed by atoms with E-state index in [4.69, 9.17) is 5.73 Å². The van der Waals surface area contributed by atoms with E-state index in [0.29, 0.717) is 6.54 Å². The maximum Gasteiger partial charge on any atom is 0.318 e. The zero-order valence-electron chi connectivity index (χ0n) is 13.0. The highest BCUT2D eigenvalue weighted by Crippen LogP contribution is 2.55. The SMILES string of the molecule is NCC1CCCCN1C(=O)NC12CC3CC(CC(C3)C1)C2. The molecule has 5 rings (SSSR count). The Kier molecular flexibility index (Phi) is 3.40. The molecule has 1 heterocycles. The number of nitrogens with one attached hydrogen (secondary N) is 1. The van der Waals surface area contributed by atoms with Gasteiger partial charge in [0.1, 0.15) is 0 Å². The Bertz CT molecular complexity index is 387. The molecular formula is C17H29N3O. The molecule has 1 aliphatic heterocycles. The van der Waals surface area contributed by atoms with Gasteiger partial charge in [0.15, 0.2) is 0 Å². The van der Waals surface area contributed by atoms with E-state index in [1.165, 1.54) is 44.9 Å². The Balaban J connectivity index is 1.46. The molecule has 0 aromatic rings. The lowest BCUT2D eigenvalue weighted by Gasteiger charge is -2.57. The third-order valence-electron chi connectivity index (χ3n) is 6.57. The Morgan fingerprint density at radius 2 is 1.71 bits per heavy atom. The van der Waals surface area contributed by atoms with Crippen LogP contribution in [0, 0.1) is 17.8 Å². The van der Waals surface area contributed by atoms with Crippen LogP contribution in [0.1, 0.15) is 57.8 Å². The van der Waals surface area contributed by atoms with Crippen LogP contribution in [0.15, 0.2) is 0 Å². The van der Waals surface area contributed by atoms with Crippen molar-refractivity contribution in [2.75, 3.05) is 13.1 Å². The summed E-state index contributed by atoms with van der Waals surface area (Å²) < 4.78 is 0. The number of carbonyl (C=O) groups is 1. The molecule has 5 aliphatic rings. The quantitative estimate of drug-likeness (QED) is 0.821. The lowest BCUT2D eigenvalue weighted by molar-refractivity contribution is -0.0168. The van der Waals surface area contributed by atoms with E-state index < -0.39 is 0 Å². The number of urea groups is 1. The van der Waals surface area contributed by atoms with Crippen molar-refractivity contribution in [3.8, 4) is 0 Å². The van der Waals surface area contributed by atoms with Gasteiger partial charge in [-0.15, -0.1) is 0 Å². The Morgan fingerprint density at radius 1 is 1.10 bits per heavy atom. The van der Waals surface area contributed by atoms with Crippen LogP contribution in [0.2, 0.25) is 0 Å². The van der Waals surface area contributed by atoms with Gasteiger partial charge >= 0.3 is 6.03 Å². The van der Waals surface area contributed by atoms with E-state index >= 15 is 0 Å². The van der Waals surface area contributed by atoms with E-state index in [1.807, 2.05) is 4.90 Å². The number of nitrogens with two attached hydrogens (primary N) is 1. The summed E-state index contributed by atoms with van der Waals surface area (Å²) in [6, 6.07) is 0.430. The number of nitrogens with zero attached hydrogens (tertiary/aromatic N) is 1. The molecule has 1 saturated heterocycles. The van der Waals surface area contributed by atoms with Crippen molar-refractivity contribution >= 4 is 6.03 Å². The van der Waals surface area contributed by atoms with Crippen LogP contribution >= 0.6 is 0 Å². The molecule has 0 spiro atoms. The van der Waals surface area contributed by atoms with Crippen molar-refractivity contribution in [1.82, 2.24) is 10.2 Å². The third kappa shape index (κ3) is 2.45. The average Bonchev–Trinajstić information content (AvgIpc) is 2.45. The van der Waals surface area contributed by atoms with Crippen LogP contribution in [0.5, 0.6) is 0 Å². The highest BCUT2D eigenvalue weighted by Gasteiger charge is 2.52. The zero-order chi connectivity index (χ0) is 14.4. The van der Waals surface area contributed by atoms with Gasteiger partial charge in [-0.25, -0.2) is 4.79 Å². The normalized spacial score (nSPS) is 44.9. The molecular weight excluding hydrogens is 262 g/mol. The maximum atomic E-state index is 12.8. The third-order valence-corrected chi connectivity index (χ3v) is 6.57. The first kappa shape index (κ1) is 13.9. The number of hydrogen-bond donors (Lipinski definition) is 2. The number of amides is 2. The zero-order valence-corrected chi connectivity index (χ0v) is 13.0. The molecule has 3 N–H and O–H groups in total. The summed E-state index contributed by atoms with van der Waals surface area (Å²) in [5.41, 5.74) is 6.00. The van der Waals surface area contributed by atoms with E-state index in [9.17, 15) is 4.79 Å². The lowest BCUT2D eigenvalue weighted by atomic mass is 9.53. The molecule has 21 heavy (non-hydrogen) atoms. The van der Waals surface area contributed by atoms with Gasteiger partial charge in [-0.1, -0.05) is 0 Å². The van der Waals surface area contributed by atoms with Crippen LogP contribution in [0.25, 0.3) is 0 Å². The molecule has 4 nitrogen and oxygen atoms in total. The van der Waals surface area contributed by atoms with Crippen LogP contribution in [0.3, 0.4) is 0 Å². The molecule has 118 valence electrons. The second-order valence-electron chi connectivity index (χ2n) is 8.21. The molecule has 0 aromatic carbocycles. The topological polar surface area (TPSA) is 58.4 Å². The molecule has 4 saturated carbocycles. The first-order valence-corrected chi connectivity index (χ1v) is 8.96. The number of rotatable bonds is 2. The van der Waals surface area contributed by atoms with E-state index in [2.05, 4.69) is 5.32 Å². The smallest absolute Gasteiger partial charge is 0.318 e. The van der Waals surface area contributed by atoms with Crippen LogP contribution in [0.4, 0.5) is 4.79 Å². The fraction of sp³-hybridized carbons (Fsp3) is 0.941. The number of carbonyl (C=O) groups excluding carboxylic acids is 1. The van der Waals surface area contributed by atoms with E-state index in [1.54, 1.807) is 0 Å². The van der Waals surface area contributed by atoms with Crippen LogP contribution in [-0.2, 0) is 0 Å². The van der Waals surface area contributed by atoms with Crippen LogP contribution < -0.4 is 11.1 Å². The molecule has 1 atom stereocenters. The summed E-state index contributed by atoms with van der Waals surface area (Å²) in [7, 11) is 0. The van der Waals surface area contributed by atoms with Gasteiger partial charge in [0.25, 0.3) is 0 Å². The van der Waals surface area contributed by atoms with Crippen molar-refractivity contribution in [3.05, 3.63) is 0 Å². The van der Waals surface area contributed by atoms with Gasteiger partial charge < -0.3 is 16.0 Å². The molecule has 4 bridgehead atoms. The molecule has 0 radical (unpaired) electrons. The average molecular weight is 291 g/mol. The molecule has 4 aliphatic carbocycles. The first-order valence-electron chi connectivity index (χ1n) is 8.96. The molecule has 2 amide bonds.